The first-order valence-electron chi connectivity index (χ1n) is 3.77. The molecule has 0 saturated carbocycles. The van der Waals surface area contributed by atoms with Crippen LogP contribution in [0.5, 0.6) is 11.5 Å². The number of ether oxygens (including phenoxy) is 2. The second-order valence-corrected chi connectivity index (χ2v) is 2.52. The Morgan fingerprint density at radius 3 is 2.20 bits per heavy atom. The van der Waals surface area contributed by atoms with E-state index in [2.05, 4.69) is 9.47 Å². The molecule has 15 heavy (non-hydrogen) atoms. The molecule has 0 aliphatic rings. The van der Waals surface area contributed by atoms with Crippen LogP contribution in [0.15, 0.2) is 6.07 Å². The van der Waals surface area contributed by atoms with Crippen LogP contribution in [-0.2, 0) is 0 Å². The van der Waals surface area contributed by atoms with E-state index in [4.69, 9.17) is 0 Å². The molecule has 5 nitrogen and oxygen atoms in total. The maximum absolute atomic E-state index is 13.4. The smallest absolute Gasteiger partial charge is 0.317 e. The summed E-state index contributed by atoms with van der Waals surface area (Å²) in [4.78, 5) is 9.50. The molecule has 1 rings (SSSR count). The standard InChI is InChI=1S/C8H7F2NO4/c1-14-7-4(9)3-5(11(12)13)8(15-2)6(7)10/h3H,1-2H3. The van der Waals surface area contributed by atoms with E-state index in [-0.39, 0.29) is 0 Å². The third-order valence-corrected chi connectivity index (χ3v) is 1.72. The van der Waals surface area contributed by atoms with Gasteiger partial charge in [-0.05, 0) is 0 Å². The predicted molar refractivity (Wildman–Crippen MR) is 46.1 cm³/mol. The molecular weight excluding hydrogens is 212 g/mol. The summed E-state index contributed by atoms with van der Waals surface area (Å²) in [5.41, 5.74) is -0.784. The van der Waals surface area contributed by atoms with Crippen molar-refractivity contribution in [2.24, 2.45) is 0 Å². The summed E-state index contributed by atoms with van der Waals surface area (Å²) < 4.78 is 35.3. The monoisotopic (exact) mass is 219 g/mol. The van der Waals surface area contributed by atoms with Gasteiger partial charge in [0.1, 0.15) is 0 Å². The van der Waals surface area contributed by atoms with Gasteiger partial charge < -0.3 is 9.47 Å². The quantitative estimate of drug-likeness (QED) is 0.575. The zero-order chi connectivity index (χ0) is 11.6. The Kier molecular flexibility index (Phi) is 3.03. The van der Waals surface area contributed by atoms with E-state index in [0.717, 1.165) is 14.2 Å². The van der Waals surface area contributed by atoms with Gasteiger partial charge in [-0.2, -0.15) is 4.39 Å². The lowest BCUT2D eigenvalue weighted by atomic mass is 10.2. The van der Waals surface area contributed by atoms with Gasteiger partial charge in [0.15, 0.2) is 11.6 Å². The van der Waals surface area contributed by atoms with Gasteiger partial charge >= 0.3 is 5.69 Å². The Morgan fingerprint density at radius 2 is 1.80 bits per heavy atom. The van der Waals surface area contributed by atoms with Crippen LogP contribution in [0.4, 0.5) is 14.5 Å². The van der Waals surface area contributed by atoms with Crippen LogP contribution in [0, 0.1) is 21.7 Å². The van der Waals surface area contributed by atoms with Crippen molar-refractivity contribution in [2.75, 3.05) is 14.2 Å². The molecule has 0 radical (unpaired) electrons. The molecular formula is C8H7F2NO4. The molecule has 0 unspecified atom stereocenters. The number of nitro benzene ring substituents is 1. The molecule has 0 saturated heterocycles. The van der Waals surface area contributed by atoms with Gasteiger partial charge in [0, 0.05) is 0 Å². The number of methoxy groups -OCH3 is 2. The highest BCUT2D eigenvalue weighted by Crippen LogP contribution is 2.37. The number of rotatable bonds is 3. The summed E-state index contributed by atoms with van der Waals surface area (Å²) in [6, 6.07) is 0.542. The lowest BCUT2D eigenvalue weighted by Crippen LogP contribution is -2.01. The zero-order valence-corrected chi connectivity index (χ0v) is 7.91. The highest BCUT2D eigenvalue weighted by Gasteiger charge is 2.26. The minimum Gasteiger partial charge on any atom is -0.491 e. The van der Waals surface area contributed by atoms with E-state index in [1.54, 1.807) is 0 Å². The van der Waals surface area contributed by atoms with Crippen molar-refractivity contribution in [3.05, 3.63) is 27.8 Å². The lowest BCUT2D eigenvalue weighted by molar-refractivity contribution is -0.386. The van der Waals surface area contributed by atoms with E-state index < -0.39 is 33.7 Å². The second-order valence-electron chi connectivity index (χ2n) is 2.52. The average Bonchev–Trinajstić information content (AvgIpc) is 2.17. The fraction of sp³-hybridized carbons (Fsp3) is 0.250. The molecule has 0 spiro atoms. The topological polar surface area (TPSA) is 61.6 Å². The normalized spacial score (nSPS) is 9.87. The number of nitro groups is 1. The first-order chi connectivity index (χ1) is 7.02. The van der Waals surface area contributed by atoms with Gasteiger partial charge in [-0.1, -0.05) is 0 Å². The maximum Gasteiger partial charge on any atom is 0.317 e. The fourth-order valence-corrected chi connectivity index (χ4v) is 1.09. The second kappa shape index (κ2) is 4.07. The summed E-state index contributed by atoms with van der Waals surface area (Å²) >= 11 is 0. The van der Waals surface area contributed by atoms with Crippen molar-refractivity contribution in [1.29, 1.82) is 0 Å². The Hall–Kier alpha value is -1.92. The van der Waals surface area contributed by atoms with Gasteiger partial charge in [0.05, 0.1) is 25.2 Å². The molecule has 0 fully saturated rings. The van der Waals surface area contributed by atoms with E-state index >= 15 is 0 Å². The van der Waals surface area contributed by atoms with E-state index in [1.807, 2.05) is 0 Å². The molecule has 0 aliphatic heterocycles. The number of hydrogen-bond donors (Lipinski definition) is 0. The Bertz CT molecular complexity index is 408. The van der Waals surface area contributed by atoms with Crippen LogP contribution in [0.25, 0.3) is 0 Å². The van der Waals surface area contributed by atoms with Crippen LogP contribution in [0.3, 0.4) is 0 Å². The molecule has 0 aromatic heterocycles. The van der Waals surface area contributed by atoms with Crippen LogP contribution in [0.2, 0.25) is 0 Å². The minimum absolute atomic E-state index is 0.542. The maximum atomic E-state index is 13.4. The highest BCUT2D eigenvalue weighted by atomic mass is 19.1. The van der Waals surface area contributed by atoms with Crippen molar-refractivity contribution in [3.8, 4) is 11.5 Å². The molecule has 0 amide bonds. The first kappa shape index (κ1) is 11.2. The molecule has 0 N–H and O–H groups in total. The summed E-state index contributed by atoms with van der Waals surface area (Å²) in [7, 11) is 2.09. The van der Waals surface area contributed by atoms with E-state index in [1.165, 1.54) is 0 Å². The van der Waals surface area contributed by atoms with Crippen LogP contribution in [-0.4, -0.2) is 19.1 Å². The Morgan fingerprint density at radius 1 is 1.27 bits per heavy atom. The summed E-state index contributed by atoms with van der Waals surface area (Å²) in [6.07, 6.45) is 0. The summed E-state index contributed by atoms with van der Waals surface area (Å²) in [5.74, 6) is -3.75. The van der Waals surface area contributed by atoms with Gasteiger partial charge in [0.2, 0.25) is 11.6 Å². The van der Waals surface area contributed by atoms with Crippen molar-refractivity contribution >= 4 is 5.69 Å². The van der Waals surface area contributed by atoms with Crippen LogP contribution < -0.4 is 9.47 Å². The number of nitrogens with zero attached hydrogens (tertiary/aromatic N) is 1. The first-order valence-corrected chi connectivity index (χ1v) is 3.77. The highest BCUT2D eigenvalue weighted by molar-refractivity contribution is 5.52. The van der Waals surface area contributed by atoms with Crippen LogP contribution >= 0.6 is 0 Å². The van der Waals surface area contributed by atoms with Crippen molar-refractivity contribution in [1.82, 2.24) is 0 Å². The number of benzene rings is 1. The van der Waals surface area contributed by atoms with Gasteiger partial charge in [-0.25, -0.2) is 4.39 Å². The Balaban J connectivity index is 3.51. The van der Waals surface area contributed by atoms with E-state index in [0.29, 0.717) is 6.07 Å². The van der Waals surface area contributed by atoms with E-state index in [9.17, 15) is 18.9 Å². The van der Waals surface area contributed by atoms with Crippen LogP contribution in [0.1, 0.15) is 0 Å². The van der Waals surface area contributed by atoms with Gasteiger partial charge in [-0.3, -0.25) is 10.1 Å². The number of halogens is 2. The molecule has 0 bridgehead atoms. The SMILES string of the molecule is COc1c(F)cc([N+](=O)[O-])c(OC)c1F. The lowest BCUT2D eigenvalue weighted by Gasteiger charge is -2.07. The van der Waals surface area contributed by atoms with Crippen molar-refractivity contribution in [3.63, 3.8) is 0 Å². The molecule has 0 aliphatic carbocycles. The third-order valence-electron chi connectivity index (χ3n) is 1.72. The van der Waals surface area contributed by atoms with Gasteiger partial charge in [-0.15, -0.1) is 0 Å². The third kappa shape index (κ3) is 1.80. The molecule has 0 heterocycles. The minimum atomic E-state index is -1.23. The molecule has 1 aromatic rings. The summed E-state index contributed by atoms with van der Waals surface area (Å²) in [5, 5.41) is 10.4. The average molecular weight is 219 g/mol. The van der Waals surface area contributed by atoms with Crippen molar-refractivity contribution in [2.45, 2.75) is 0 Å². The molecule has 7 heteroatoms. The molecule has 82 valence electrons. The summed E-state index contributed by atoms with van der Waals surface area (Å²) in [6.45, 7) is 0. The Labute approximate surface area is 83.4 Å². The zero-order valence-electron chi connectivity index (χ0n) is 7.91. The number of hydrogen-bond acceptors (Lipinski definition) is 4. The largest absolute Gasteiger partial charge is 0.491 e. The predicted octanol–water partition coefficient (Wildman–Crippen LogP) is 1.89. The van der Waals surface area contributed by atoms with Crippen molar-refractivity contribution < 1.29 is 23.2 Å². The van der Waals surface area contributed by atoms with Gasteiger partial charge in [0.25, 0.3) is 0 Å². The fourth-order valence-electron chi connectivity index (χ4n) is 1.09. The molecule has 0 atom stereocenters. The molecule has 1 aromatic carbocycles.